The van der Waals surface area contributed by atoms with E-state index in [1.165, 1.54) is 0 Å². The molecule has 1 heterocycles. The second kappa shape index (κ2) is 5.46. The molecule has 0 radical (unpaired) electrons. The minimum Gasteiger partial charge on any atom is -0.411 e. The molecule has 126 valence electrons. The quantitative estimate of drug-likeness (QED) is 0.485. The molecule has 0 amide bonds. The maximum atomic E-state index is 10.6. The highest BCUT2D eigenvalue weighted by molar-refractivity contribution is 6.83. The van der Waals surface area contributed by atoms with Gasteiger partial charge in [-0.25, -0.2) is 0 Å². The third-order valence-corrected chi connectivity index (χ3v) is 10.6. The molecule has 0 aromatic carbocycles. The summed E-state index contributed by atoms with van der Waals surface area (Å²) in [6, 6.07) is 0. The number of hydrogen-bond donors (Lipinski definition) is 1. The van der Waals surface area contributed by atoms with Crippen LogP contribution in [-0.4, -0.2) is 45.4 Å². The summed E-state index contributed by atoms with van der Waals surface area (Å²) in [5.74, 6) is 3.08. The zero-order chi connectivity index (χ0) is 17.0. The highest BCUT2D eigenvalue weighted by atomic mass is 28.4. The highest BCUT2D eigenvalue weighted by Gasteiger charge is 2.70. The second-order valence-corrected chi connectivity index (χ2v) is 18.8. The van der Waals surface area contributed by atoms with Gasteiger partial charge in [0.2, 0.25) is 0 Å². The SMILES string of the molecule is CC(C)(C)[Si](C)(C)O[C@@H]1CC[C@@H]2O[C@@]21[C@@H](O)C#C[Si](C)(C)C. The van der Waals surface area contributed by atoms with E-state index in [-0.39, 0.29) is 17.2 Å². The van der Waals surface area contributed by atoms with Crippen LogP contribution in [0.1, 0.15) is 33.6 Å². The Kier molecular flexibility index (Phi) is 4.52. The maximum Gasteiger partial charge on any atom is 0.192 e. The molecule has 0 aromatic rings. The predicted molar refractivity (Wildman–Crippen MR) is 96.0 cm³/mol. The van der Waals surface area contributed by atoms with Crippen molar-refractivity contribution >= 4 is 16.4 Å². The summed E-state index contributed by atoms with van der Waals surface area (Å²) in [6.07, 6.45) is 1.35. The molecule has 0 bridgehead atoms. The summed E-state index contributed by atoms with van der Waals surface area (Å²) < 4.78 is 12.5. The standard InChI is InChI=1S/C17H32O3Si2/c1-16(2,3)22(7,8)20-15-10-9-14-17(15,19-14)13(18)11-12-21(4,5)6/h13-15,18H,9-10H2,1-8H3/t13-,14-,15+,17-/m0/s1. The van der Waals surface area contributed by atoms with E-state index >= 15 is 0 Å². The van der Waals surface area contributed by atoms with Crippen molar-refractivity contribution in [1.82, 2.24) is 0 Å². The summed E-state index contributed by atoms with van der Waals surface area (Å²) in [5, 5.41) is 10.8. The van der Waals surface area contributed by atoms with E-state index in [0.29, 0.717) is 0 Å². The van der Waals surface area contributed by atoms with Crippen molar-refractivity contribution in [2.45, 2.75) is 95.3 Å². The van der Waals surface area contributed by atoms with Crippen LogP contribution in [-0.2, 0) is 9.16 Å². The number of epoxide rings is 1. The van der Waals surface area contributed by atoms with Gasteiger partial charge < -0.3 is 14.3 Å². The van der Waals surface area contributed by atoms with Crippen molar-refractivity contribution in [3.05, 3.63) is 0 Å². The van der Waals surface area contributed by atoms with Gasteiger partial charge in [-0.2, -0.15) is 0 Å². The van der Waals surface area contributed by atoms with Crippen molar-refractivity contribution in [2.24, 2.45) is 0 Å². The molecule has 1 aliphatic carbocycles. The summed E-state index contributed by atoms with van der Waals surface area (Å²) in [7, 11) is -3.36. The summed E-state index contributed by atoms with van der Waals surface area (Å²) in [4.78, 5) is 0. The Morgan fingerprint density at radius 2 is 1.77 bits per heavy atom. The van der Waals surface area contributed by atoms with E-state index in [1.54, 1.807) is 0 Å². The molecule has 22 heavy (non-hydrogen) atoms. The lowest BCUT2D eigenvalue weighted by Gasteiger charge is -2.40. The van der Waals surface area contributed by atoms with Crippen LogP contribution < -0.4 is 0 Å². The number of ether oxygens (including phenoxy) is 1. The molecule has 2 rings (SSSR count). The van der Waals surface area contributed by atoms with Gasteiger partial charge in [0, 0.05) is 0 Å². The van der Waals surface area contributed by atoms with Crippen molar-refractivity contribution in [1.29, 1.82) is 0 Å². The van der Waals surface area contributed by atoms with Gasteiger partial charge in [-0.15, -0.1) is 5.54 Å². The van der Waals surface area contributed by atoms with Crippen molar-refractivity contribution in [3.63, 3.8) is 0 Å². The normalized spacial score (nSPS) is 33.0. The number of aliphatic hydroxyl groups excluding tert-OH is 1. The fraction of sp³-hybridized carbons (Fsp3) is 0.882. The molecular weight excluding hydrogens is 308 g/mol. The van der Waals surface area contributed by atoms with Crippen LogP contribution in [0.15, 0.2) is 0 Å². The molecule has 0 unspecified atom stereocenters. The Hall–Kier alpha value is -0.126. The first-order chi connectivity index (χ1) is 9.80. The smallest absolute Gasteiger partial charge is 0.192 e. The summed E-state index contributed by atoms with van der Waals surface area (Å²) >= 11 is 0. The second-order valence-electron chi connectivity index (χ2n) is 9.33. The molecule has 1 saturated carbocycles. The zero-order valence-corrected chi connectivity index (χ0v) is 17.4. The minimum absolute atomic E-state index is 0.00988. The molecule has 0 spiro atoms. The maximum absolute atomic E-state index is 10.6. The predicted octanol–water partition coefficient (Wildman–Crippen LogP) is 3.55. The Morgan fingerprint density at radius 1 is 1.18 bits per heavy atom. The van der Waals surface area contributed by atoms with Gasteiger partial charge in [0.25, 0.3) is 0 Å². The number of rotatable bonds is 3. The van der Waals surface area contributed by atoms with Crippen LogP contribution >= 0.6 is 0 Å². The van der Waals surface area contributed by atoms with Gasteiger partial charge in [0.05, 0.1) is 12.2 Å². The van der Waals surface area contributed by atoms with Crippen LogP contribution in [0.25, 0.3) is 0 Å². The van der Waals surface area contributed by atoms with Crippen molar-refractivity contribution in [2.75, 3.05) is 0 Å². The third kappa shape index (κ3) is 3.36. The van der Waals surface area contributed by atoms with Gasteiger partial charge in [0.1, 0.15) is 14.2 Å². The van der Waals surface area contributed by atoms with E-state index in [9.17, 15) is 5.11 Å². The first-order valence-electron chi connectivity index (χ1n) is 8.36. The molecule has 3 nitrogen and oxygen atoms in total. The highest BCUT2D eigenvalue weighted by Crippen LogP contribution is 2.55. The fourth-order valence-corrected chi connectivity index (χ4v) is 4.74. The van der Waals surface area contributed by atoms with Crippen LogP contribution in [0.2, 0.25) is 37.8 Å². The topological polar surface area (TPSA) is 42.0 Å². The zero-order valence-electron chi connectivity index (χ0n) is 15.4. The molecule has 5 heteroatoms. The summed E-state index contributed by atoms with van der Waals surface area (Å²) in [5.41, 5.74) is 2.73. The van der Waals surface area contributed by atoms with E-state index in [1.807, 2.05) is 0 Å². The molecule has 0 aromatic heterocycles. The van der Waals surface area contributed by atoms with Crippen LogP contribution in [0, 0.1) is 11.5 Å². The van der Waals surface area contributed by atoms with Crippen molar-refractivity contribution in [3.8, 4) is 11.5 Å². The van der Waals surface area contributed by atoms with Gasteiger partial charge in [-0.1, -0.05) is 46.3 Å². The lowest BCUT2D eigenvalue weighted by molar-refractivity contribution is 0.0142. The van der Waals surface area contributed by atoms with Crippen molar-refractivity contribution < 1.29 is 14.3 Å². The molecule has 1 saturated heterocycles. The third-order valence-electron chi connectivity index (χ3n) is 5.24. The first kappa shape index (κ1) is 18.2. The Balaban J connectivity index is 2.16. The Morgan fingerprint density at radius 3 is 2.23 bits per heavy atom. The van der Waals surface area contributed by atoms with E-state index in [2.05, 4.69) is 65.0 Å². The molecule has 2 fully saturated rings. The fourth-order valence-electron chi connectivity index (χ4n) is 2.81. The van der Waals surface area contributed by atoms with Crippen LogP contribution in [0.5, 0.6) is 0 Å². The van der Waals surface area contributed by atoms with Gasteiger partial charge in [-0.3, -0.25) is 0 Å². The number of fused-ring (bicyclic) bond motifs is 1. The van der Waals surface area contributed by atoms with E-state index in [4.69, 9.17) is 9.16 Å². The van der Waals surface area contributed by atoms with Gasteiger partial charge >= 0.3 is 0 Å². The van der Waals surface area contributed by atoms with Crippen LogP contribution in [0.4, 0.5) is 0 Å². The lowest BCUT2D eigenvalue weighted by atomic mass is 9.98. The Bertz CT molecular complexity index is 493. The summed E-state index contributed by atoms with van der Waals surface area (Å²) in [6.45, 7) is 17.8. The first-order valence-corrected chi connectivity index (χ1v) is 14.8. The average molecular weight is 341 g/mol. The minimum atomic E-state index is -1.87. The molecule has 1 N–H and O–H groups in total. The lowest BCUT2D eigenvalue weighted by Crippen LogP contribution is -2.50. The molecule has 1 aliphatic heterocycles. The van der Waals surface area contributed by atoms with Gasteiger partial charge in [-0.05, 0) is 31.0 Å². The Labute approximate surface area is 137 Å². The van der Waals surface area contributed by atoms with E-state index in [0.717, 1.165) is 12.8 Å². The average Bonchev–Trinajstić information content (AvgIpc) is 2.96. The monoisotopic (exact) mass is 340 g/mol. The number of hydrogen-bond acceptors (Lipinski definition) is 3. The van der Waals surface area contributed by atoms with Crippen LogP contribution in [0.3, 0.4) is 0 Å². The number of aliphatic hydroxyl groups is 1. The molecular formula is C17H32O3Si2. The molecule has 2 aliphatic rings. The van der Waals surface area contributed by atoms with E-state index < -0.39 is 28.1 Å². The largest absolute Gasteiger partial charge is 0.411 e. The van der Waals surface area contributed by atoms with Gasteiger partial charge in [0.15, 0.2) is 13.9 Å². The molecule has 4 atom stereocenters.